The number of nitrogens with two attached hydrogens (primary N) is 1. The Morgan fingerprint density at radius 2 is 2.22 bits per heavy atom. The fourth-order valence-corrected chi connectivity index (χ4v) is 2.72. The van der Waals surface area contributed by atoms with Crippen molar-refractivity contribution in [1.29, 1.82) is 5.26 Å². The zero-order chi connectivity index (χ0) is 13.1. The molecule has 3 N–H and O–H groups in total. The van der Waals surface area contributed by atoms with Crippen molar-refractivity contribution < 1.29 is 0 Å². The number of hydrogen-bond acceptors (Lipinski definition) is 5. The van der Waals surface area contributed by atoms with Crippen LogP contribution in [0.1, 0.15) is 5.56 Å². The fraction of sp³-hybridized carbons (Fsp3) is 0. The van der Waals surface area contributed by atoms with Gasteiger partial charge in [-0.2, -0.15) is 5.26 Å². The lowest BCUT2D eigenvalue weighted by Crippen LogP contribution is -2.09. The topological polar surface area (TPSA) is 95.6 Å². The van der Waals surface area contributed by atoms with Crippen LogP contribution in [0, 0.1) is 11.3 Å². The van der Waals surface area contributed by atoms with Gasteiger partial charge in [-0.3, -0.25) is 4.79 Å². The largest absolute Gasteiger partial charge is 0.383 e. The van der Waals surface area contributed by atoms with E-state index in [2.05, 4.69) is 32.0 Å². The molecule has 0 atom stereocenters. The van der Waals surface area contributed by atoms with Crippen LogP contribution in [0.5, 0.6) is 0 Å². The number of hydrogen-bond donors (Lipinski definition) is 2. The van der Waals surface area contributed by atoms with E-state index in [4.69, 9.17) is 11.0 Å². The molecule has 0 aliphatic rings. The van der Waals surface area contributed by atoms with Gasteiger partial charge in [0.2, 0.25) is 0 Å². The molecule has 90 valence electrons. The minimum absolute atomic E-state index is 0.175. The smallest absolute Gasteiger partial charge is 0.253 e. The molecule has 0 saturated heterocycles. The summed E-state index contributed by atoms with van der Waals surface area (Å²) < 4.78 is 0.696. The van der Waals surface area contributed by atoms with Crippen molar-refractivity contribution >= 4 is 33.5 Å². The van der Waals surface area contributed by atoms with E-state index >= 15 is 0 Å². The highest BCUT2D eigenvalue weighted by Gasteiger charge is 2.05. The Hall–Kier alpha value is -1.78. The second kappa shape index (κ2) is 5.25. The summed E-state index contributed by atoms with van der Waals surface area (Å²) in [7, 11) is 0. The van der Waals surface area contributed by atoms with Crippen molar-refractivity contribution in [2.24, 2.45) is 0 Å². The molecule has 2 aromatic rings. The molecular formula is C11H7BrN4OS. The first kappa shape index (κ1) is 12.7. The zero-order valence-electron chi connectivity index (χ0n) is 8.98. The molecule has 0 aliphatic carbocycles. The number of nitrogens with zero attached hydrogens (tertiary/aromatic N) is 2. The molecular weight excluding hydrogens is 316 g/mol. The number of aromatic nitrogens is 2. The number of rotatable bonds is 2. The summed E-state index contributed by atoms with van der Waals surface area (Å²) in [5.74, 6) is 0.175. The highest BCUT2D eigenvalue weighted by Crippen LogP contribution is 2.28. The standard InChI is InChI=1S/C11H7BrN4OS/c12-8-3-7(2-1-6(8)5-13)18-11-15-9(14)4-10(17)16-11/h1-4H,(H3,14,15,16,17). The number of nitrogen functional groups attached to an aromatic ring is 1. The number of benzene rings is 1. The van der Waals surface area contributed by atoms with E-state index < -0.39 is 0 Å². The van der Waals surface area contributed by atoms with Crippen molar-refractivity contribution in [3.8, 4) is 6.07 Å². The number of anilines is 1. The van der Waals surface area contributed by atoms with Crippen LogP contribution in [0.3, 0.4) is 0 Å². The molecule has 0 unspecified atom stereocenters. The normalized spacial score (nSPS) is 10.0. The maximum Gasteiger partial charge on any atom is 0.253 e. The summed E-state index contributed by atoms with van der Waals surface area (Å²) >= 11 is 4.56. The van der Waals surface area contributed by atoms with Gasteiger partial charge < -0.3 is 10.7 Å². The van der Waals surface area contributed by atoms with Crippen LogP contribution in [0.4, 0.5) is 5.82 Å². The molecule has 0 amide bonds. The van der Waals surface area contributed by atoms with E-state index in [-0.39, 0.29) is 11.4 Å². The Morgan fingerprint density at radius 1 is 1.44 bits per heavy atom. The molecule has 5 nitrogen and oxygen atoms in total. The van der Waals surface area contributed by atoms with Gasteiger partial charge in [0.1, 0.15) is 11.9 Å². The quantitative estimate of drug-likeness (QED) is 0.826. The Morgan fingerprint density at radius 3 is 2.83 bits per heavy atom. The molecule has 18 heavy (non-hydrogen) atoms. The Balaban J connectivity index is 2.32. The summed E-state index contributed by atoms with van der Waals surface area (Å²) in [6, 6.07) is 8.53. The predicted octanol–water partition coefficient (Wildman–Crippen LogP) is 2.14. The third-order valence-corrected chi connectivity index (χ3v) is 3.55. The molecule has 0 fully saturated rings. The Labute approximate surface area is 115 Å². The van der Waals surface area contributed by atoms with Crippen molar-refractivity contribution in [3.63, 3.8) is 0 Å². The van der Waals surface area contributed by atoms with E-state index in [0.717, 1.165) is 4.90 Å². The van der Waals surface area contributed by atoms with Crippen molar-refractivity contribution in [2.45, 2.75) is 10.1 Å². The summed E-state index contributed by atoms with van der Waals surface area (Å²) in [6.07, 6.45) is 0. The third kappa shape index (κ3) is 2.91. The highest BCUT2D eigenvalue weighted by molar-refractivity contribution is 9.10. The average molecular weight is 323 g/mol. The summed E-state index contributed by atoms with van der Waals surface area (Å²) in [5.41, 5.74) is 5.75. The minimum Gasteiger partial charge on any atom is -0.383 e. The van der Waals surface area contributed by atoms with Gasteiger partial charge in [-0.25, -0.2) is 4.98 Å². The van der Waals surface area contributed by atoms with E-state index in [9.17, 15) is 4.79 Å². The van der Waals surface area contributed by atoms with Crippen LogP contribution in [0.15, 0.2) is 43.6 Å². The first-order valence-corrected chi connectivity index (χ1v) is 6.44. The molecule has 0 spiro atoms. The maximum atomic E-state index is 11.2. The van der Waals surface area contributed by atoms with Crippen molar-refractivity contribution in [2.75, 3.05) is 5.73 Å². The van der Waals surface area contributed by atoms with Gasteiger partial charge >= 0.3 is 0 Å². The zero-order valence-corrected chi connectivity index (χ0v) is 11.4. The minimum atomic E-state index is -0.294. The second-order valence-electron chi connectivity index (χ2n) is 3.33. The second-order valence-corrected chi connectivity index (χ2v) is 5.25. The summed E-state index contributed by atoms with van der Waals surface area (Å²) in [6.45, 7) is 0. The third-order valence-electron chi connectivity index (χ3n) is 2.02. The van der Waals surface area contributed by atoms with Gasteiger partial charge in [0.15, 0.2) is 5.16 Å². The lowest BCUT2D eigenvalue weighted by atomic mass is 10.2. The Bertz CT molecular complexity index is 692. The van der Waals surface area contributed by atoms with Gasteiger partial charge in [0.25, 0.3) is 5.56 Å². The number of H-pyrrole nitrogens is 1. The highest BCUT2D eigenvalue weighted by atomic mass is 79.9. The molecule has 1 aromatic heterocycles. The van der Waals surface area contributed by atoms with E-state index in [1.54, 1.807) is 18.2 Å². The van der Waals surface area contributed by atoms with Crippen LogP contribution < -0.4 is 11.3 Å². The maximum absolute atomic E-state index is 11.2. The number of halogens is 1. The lowest BCUT2D eigenvalue weighted by Gasteiger charge is -2.03. The van der Waals surface area contributed by atoms with Gasteiger partial charge in [0.05, 0.1) is 5.56 Å². The Kier molecular flexibility index (Phi) is 3.69. The lowest BCUT2D eigenvalue weighted by molar-refractivity contribution is 0.945. The van der Waals surface area contributed by atoms with E-state index in [0.29, 0.717) is 15.2 Å². The van der Waals surface area contributed by atoms with E-state index in [1.165, 1.54) is 17.8 Å². The van der Waals surface area contributed by atoms with Gasteiger partial charge in [-0.1, -0.05) is 11.8 Å². The molecule has 0 radical (unpaired) electrons. The monoisotopic (exact) mass is 322 g/mol. The number of nitriles is 1. The van der Waals surface area contributed by atoms with Crippen LogP contribution in [-0.2, 0) is 0 Å². The van der Waals surface area contributed by atoms with Crippen LogP contribution in [-0.4, -0.2) is 9.97 Å². The molecule has 0 saturated carbocycles. The molecule has 0 bridgehead atoms. The fourth-order valence-electron chi connectivity index (χ4n) is 1.26. The molecule has 7 heteroatoms. The van der Waals surface area contributed by atoms with Crippen molar-refractivity contribution in [1.82, 2.24) is 9.97 Å². The van der Waals surface area contributed by atoms with Crippen LogP contribution >= 0.6 is 27.7 Å². The average Bonchev–Trinajstić information content (AvgIpc) is 2.27. The summed E-state index contributed by atoms with van der Waals surface area (Å²) in [4.78, 5) is 18.7. The first-order valence-electron chi connectivity index (χ1n) is 4.83. The molecule has 2 rings (SSSR count). The molecule has 0 aliphatic heterocycles. The SMILES string of the molecule is N#Cc1ccc(Sc2nc(N)cc(=O)[nH]2)cc1Br. The van der Waals surface area contributed by atoms with Gasteiger partial charge in [0, 0.05) is 15.4 Å². The first-order chi connectivity index (χ1) is 8.58. The van der Waals surface area contributed by atoms with Crippen LogP contribution in [0.2, 0.25) is 0 Å². The van der Waals surface area contributed by atoms with Crippen molar-refractivity contribution in [3.05, 3.63) is 44.7 Å². The predicted molar refractivity (Wildman–Crippen MR) is 72.3 cm³/mol. The van der Waals surface area contributed by atoms with Gasteiger partial charge in [-0.05, 0) is 34.1 Å². The number of nitrogens with one attached hydrogen (secondary N) is 1. The molecule has 1 heterocycles. The molecule has 1 aromatic carbocycles. The number of aromatic amines is 1. The van der Waals surface area contributed by atoms with Gasteiger partial charge in [-0.15, -0.1) is 0 Å². The summed E-state index contributed by atoms with van der Waals surface area (Å²) in [5, 5.41) is 9.22. The van der Waals surface area contributed by atoms with Crippen LogP contribution in [0.25, 0.3) is 0 Å². The van der Waals surface area contributed by atoms with E-state index in [1.807, 2.05) is 0 Å².